The van der Waals surface area contributed by atoms with Crippen molar-refractivity contribution in [1.29, 1.82) is 0 Å². The number of furan rings is 1. The zero-order chi connectivity index (χ0) is 15.5. The second-order valence-electron chi connectivity index (χ2n) is 5.27. The van der Waals surface area contributed by atoms with E-state index >= 15 is 0 Å². The van der Waals surface area contributed by atoms with Gasteiger partial charge < -0.3 is 29.2 Å². The van der Waals surface area contributed by atoms with E-state index in [2.05, 4.69) is 0 Å². The van der Waals surface area contributed by atoms with Crippen molar-refractivity contribution >= 4 is 0 Å². The Morgan fingerprint density at radius 3 is 2.50 bits per heavy atom. The Bertz CT molecular complexity index is 579. The first-order chi connectivity index (χ1) is 10.6. The molecule has 0 spiro atoms. The van der Waals surface area contributed by atoms with Crippen LogP contribution in [0.1, 0.15) is 11.3 Å². The molecular weight excluding hydrogens is 288 g/mol. The summed E-state index contributed by atoms with van der Waals surface area (Å²) in [6.07, 6.45) is -2.38. The number of benzene rings is 1. The van der Waals surface area contributed by atoms with Gasteiger partial charge in [0.2, 0.25) is 6.29 Å². The first-order valence-electron chi connectivity index (χ1n) is 7.07. The fourth-order valence-corrected chi connectivity index (χ4v) is 2.32. The molecule has 6 heteroatoms. The molecule has 1 aliphatic rings. The van der Waals surface area contributed by atoms with Crippen LogP contribution in [0, 0.1) is 0 Å². The zero-order valence-corrected chi connectivity index (χ0v) is 11.8. The van der Waals surface area contributed by atoms with E-state index in [1.54, 1.807) is 18.4 Å². The lowest BCUT2D eigenvalue weighted by molar-refractivity contribution is -0.242. The average Bonchev–Trinajstić information content (AvgIpc) is 3.03. The second kappa shape index (κ2) is 6.50. The Morgan fingerprint density at radius 2 is 1.82 bits per heavy atom. The molecule has 0 radical (unpaired) electrons. The van der Waals surface area contributed by atoms with Crippen molar-refractivity contribution in [3.8, 4) is 5.75 Å². The lowest BCUT2D eigenvalue weighted by Crippen LogP contribution is -2.54. The summed E-state index contributed by atoms with van der Waals surface area (Å²) in [6, 6.07) is 11.0. The number of aliphatic hydroxyl groups is 3. The van der Waals surface area contributed by atoms with Crippen molar-refractivity contribution in [3.63, 3.8) is 0 Å². The minimum absolute atomic E-state index is 0.0839. The number of aliphatic hydroxyl groups excluding tert-OH is 3. The van der Waals surface area contributed by atoms with Crippen LogP contribution in [0.2, 0.25) is 0 Å². The molecule has 1 aliphatic heterocycles. The molecule has 3 N–H and O–H groups in total. The van der Waals surface area contributed by atoms with Gasteiger partial charge in [0.05, 0.1) is 12.9 Å². The van der Waals surface area contributed by atoms with Crippen molar-refractivity contribution < 1.29 is 29.2 Å². The van der Waals surface area contributed by atoms with E-state index in [-0.39, 0.29) is 6.61 Å². The Hall–Kier alpha value is -1.86. The third-order valence-corrected chi connectivity index (χ3v) is 3.59. The summed E-state index contributed by atoms with van der Waals surface area (Å²) in [7, 11) is 0. The molecule has 3 rings (SSSR count). The molecule has 0 bridgehead atoms. The Kier molecular flexibility index (Phi) is 4.44. The fraction of sp³-hybridized carbons (Fsp3) is 0.375. The maximum Gasteiger partial charge on any atom is 0.228 e. The van der Waals surface area contributed by atoms with E-state index in [0.29, 0.717) is 12.2 Å². The Labute approximate surface area is 127 Å². The van der Waals surface area contributed by atoms with Gasteiger partial charge >= 0.3 is 0 Å². The van der Waals surface area contributed by atoms with Crippen LogP contribution in [0.5, 0.6) is 5.75 Å². The van der Waals surface area contributed by atoms with Crippen molar-refractivity contribution in [2.45, 2.75) is 31.0 Å². The molecule has 0 aliphatic carbocycles. The van der Waals surface area contributed by atoms with E-state index in [0.717, 1.165) is 11.3 Å². The topological polar surface area (TPSA) is 92.3 Å². The largest absolute Gasteiger partial charge is 0.469 e. The molecule has 0 unspecified atom stereocenters. The molecule has 1 saturated heterocycles. The van der Waals surface area contributed by atoms with Gasteiger partial charge in [0.25, 0.3) is 0 Å². The van der Waals surface area contributed by atoms with E-state index in [9.17, 15) is 15.3 Å². The summed E-state index contributed by atoms with van der Waals surface area (Å²) in [4.78, 5) is 0. The molecule has 0 saturated carbocycles. The predicted molar refractivity (Wildman–Crippen MR) is 76.3 cm³/mol. The van der Waals surface area contributed by atoms with Gasteiger partial charge in [0, 0.05) is 6.42 Å². The molecule has 0 amide bonds. The number of hydrogen-bond acceptors (Lipinski definition) is 6. The Morgan fingerprint density at radius 1 is 1.05 bits per heavy atom. The summed E-state index contributed by atoms with van der Waals surface area (Å²) in [5.74, 6) is 1.38. The lowest BCUT2D eigenvalue weighted by Gasteiger charge is -2.34. The van der Waals surface area contributed by atoms with Gasteiger partial charge in [-0.05, 0) is 29.8 Å². The lowest BCUT2D eigenvalue weighted by atomic mass is 10.1. The molecule has 6 nitrogen and oxygen atoms in total. The van der Waals surface area contributed by atoms with Crippen LogP contribution in [-0.2, 0) is 11.2 Å². The van der Waals surface area contributed by atoms with Gasteiger partial charge in [-0.1, -0.05) is 12.1 Å². The van der Waals surface area contributed by atoms with Crippen LogP contribution in [0.4, 0.5) is 0 Å². The highest BCUT2D eigenvalue weighted by Crippen LogP contribution is 2.21. The molecule has 1 aromatic carbocycles. The molecule has 22 heavy (non-hydrogen) atoms. The quantitative estimate of drug-likeness (QED) is 0.769. The summed E-state index contributed by atoms with van der Waals surface area (Å²) >= 11 is 0. The van der Waals surface area contributed by atoms with Crippen LogP contribution in [0.3, 0.4) is 0 Å². The highest BCUT2D eigenvalue weighted by Gasteiger charge is 2.38. The molecule has 1 fully saturated rings. The minimum atomic E-state index is -1.30. The third-order valence-electron chi connectivity index (χ3n) is 3.59. The smallest absolute Gasteiger partial charge is 0.228 e. The molecule has 2 aromatic rings. The SMILES string of the molecule is O[C@@H]1[C@@H](O)[C@@H](Oc2ccc(Cc3ccco3)cc2)OC[C@@H]1O. The second-order valence-corrected chi connectivity index (χ2v) is 5.27. The summed E-state index contributed by atoms with van der Waals surface area (Å²) in [5.41, 5.74) is 1.06. The van der Waals surface area contributed by atoms with Crippen LogP contribution in [0.25, 0.3) is 0 Å². The van der Waals surface area contributed by atoms with Crippen LogP contribution >= 0.6 is 0 Å². The van der Waals surface area contributed by atoms with Crippen molar-refractivity contribution in [2.24, 2.45) is 0 Å². The summed E-state index contributed by atoms with van der Waals surface area (Å²) in [5, 5.41) is 28.8. The van der Waals surface area contributed by atoms with Gasteiger partial charge in [0.15, 0.2) is 0 Å². The number of hydrogen-bond donors (Lipinski definition) is 3. The van der Waals surface area contributed by atoms with Gasteiger partial charge in [-0.3, -0.25) is 0 Å². The van der Waals surface area contributed by atoms with E-state index < -0.39 is 24.6 Å². The van der Waals surface area contributed by atoms with E-state index in [4.69, 9.17) is 13.9 Å². The van der Waals surface area contributed by atoms with Gasteiger partial charge in [-0.2, -0.15) is 0 Å². The van der Waals surface area contributed by atoms with Gasteiger partial charge in [-0.15, -0.1) is 0 Å². The van der Waals surface area contributed by atoms with Crippen molar-refractivity contribution in [3.05, 3.63) is 54.0 Å². The van der Waals surface area contributed by atoms with E-state index in [1.165, 1.54) is 0 Å². The summed E-state index contributed by atoms with van der Waals surface area (Å²) in [6.45, 7) is -0.0839. The summed E-state index contributed by atoms with van der Waals surface area (Å²) < 4.78 is 16.0. The minimum Gasteiger partial charge on any atom is -0.469 e. The Balaban J connectivity index is 1.61. The van der Waals surface area contributed by atoms with Crippen LogP contribution < -0.4 is 4.74 Å². The highest BCUT2D eigenvalue weighted by molar-refractivity contribution is 5.29. The fourth-order valence-electron chi connectivity index (χ4n) is 2.32. The molecule has 1 aromatic heterocycles. The average molecular weight is 306 g/mol. The zero-order valence-electron chi connectivity index (χ0n) is 11.8. The molecule has 4 atom stereocenters. The van der Waals surface area contributed by atoms with Crippen molar-refractivity contribution in [2.75, 3.05) is 6.61 Å². The standard InChI is InChI=1S/C16H18O6/c17-13-9-21-16(15(19)14(13)18)22-11-5-3-10(4-6-11)8-12-2-1-7-20-12/h1-7,13-19H,8-9H2/t13-,14-,15+,16+/m0/s1. The molecular formula is C16H18O6. The maximum atomic E-state index is 9.82. The first kappa shape index (κ1) is 15.1. The van der Waals surface area contributed by atoms with Gasteiger partial charge in [-0.25, -0.2) is 0 Å². The predicted octanol–water partition coefficient (Wildman–Crippen LogP) is 0.688. The third kappa shape index (κ3) is 3.31. The van der Waals surface area contributed by atoms with Crippen molar-refractivity contribution in [1.82, 2.24) is 0 Å². The van der Waals surface area contributed by atoms with E-state index in [1.807, 2.05) is 24.3 Å². The number of ether oxygens (including phenoxy) is 2. The van der Waals surface area contributed by atoms with Crippen LogP contribution in [-0.4, -0.2) is 46.5 Å². The number of rotatable bonds is 4. The maximum absolute atomic E-state index is 9.82. The monoisotopic (exact) mass is 306 g/mol. The molecule has 118 valence electrons. The van der Waals surface area contributed by atoms with Crippen LogP contribution in [0.15, 0.2) is 47.1 Å². The van der Waals surface area contributed by atoms with Gasteiger partial charge in [0.1, 0.15) is 29.8 Å². The molecule has 2 heterocycles. The highest BCUT2D eigenvalue weighted by atomic mass is 16.7. The first-order valence-corrected chi connectivity index (χ1v) is 7.07. The normalized spacial score (nSPS) is 28.5.